The van der Waals surface area contributed by atoms with Crippen molar-refractivity contribution < 1.29 is 19.4 Å². The number of hydrogen-bond acceptors (Lipinski definition) is 4. The van der Waals surface area contributed by atoms with Crippen LogP contribution in [0.5, 0.6) is 5.75 Å². The van der Waals surface area contributed by atoms with Gasteiger partial charge in [-0.15, -0.1) is 0 Å². The summed E-state index contributed by atoms with van der Waals surface area (Å²) >= 11 is 0. The number of nitrogens with one attached hydrogen (secondary N) is 1. The lowest BCUT2D eigenvalue weighted by Crippen LogP contribution is -2.36. The van der Waals surface area contributed by atoms with Crippen molar-refractivity contribution >= 4 is 11.9 Å². The molecule has 1 unspecified atom stereocenters. The van der Waals surface area contributed by atoms with Crippen LogP contribution in [0.2, 0.25) is 0 Å². The largest absolute Gasteiger partial charge is 0.481 e. The predicted molar refractivity (Wildman–Crippen MR) is 64.2 cm³/mol. The SMILES string of the molecule is CC(Oc1cccnc1)C(=O)NCCCC(=O)O. The number of carboxylic acid groups (broad SMARTS) is 1. The van der Waals surface area contributed by atoms with Crippen LogP contribution in [0.15, 0.2) is 24.5 Å². The first-order valence-electron chi connectivity index (χ1n) is 5.66. The summed E-state index contributed by atoms with van der Waals surface area (Å²) in [7, 11) is 0. The van der Waals surface area contributed by atoms with Gasteiger partial charge in [-0.25, -0.2) is 0 Å². The minimum atomic E-state index is -0.871. The molecule has 98 valence electrons. The van der Waals surface area contributed by atoms with Gasteiger partial charge in [-0.3, -0.25) is 14.6 Å². The molecule has 0 aromatic carbocycles. The second-order valence-electron chi connectivity index (χ2n) is 3.74. The highest BCUT2D eigenvalue weighted by molar-refractivity contribution is 5.80. The predicted octanol–water partition coefficient (Wildman–Crippen LogP) is 0.830. The van der Waals surface area contributed by atoms with Crippen LogP contribution < -0.4 is 10.1 Å². The Morgan fingerprint density at radius 2 is 2.33 bits per heavy atom. The lowest BCUT2D eigenvalue weighted by atomic mass is 10.3. The lowest BCUT2D eigenvalue weighted by molar-refractivity contribution is -0.137. The third-order valence-corrected chi connectivity index (χ3v) is 2.18. The molecule has 0 saturated heterocycles. The normalized spacial score (nSPS) is 11.6. The molecule has 0 aliphatic carbocycles. The van der Waals surface area contributed by atoms with Crippen LogP contribution in [0.3, 0.4) is 0 Å². The summed E-state index contributed by atoms with van der Waals surface area (Å²) in [6.07, 6.45) is 2.94. The average Bonchev–Trinajstić information content (AvgIpc) is 2.35. The number of rotatable bonds is 7. The maximum atomic E-state index is 11.6. The molecular formula is C12H16N2O4. The van der Waals surface area contributed by atoms with Crippen LogP contribution in [-0.2, 0) is 9.59 Å². The van der Waals surface area contributed by atoms with Crippen molar-refractivity contribution in [2.75, 3.05) is 6.54 Å². The number of carbonyl (C=O) groups excluding carboxylic acids is 1. The fourth-order valence-electron chi connectivity index (χ4n) is 1.27. The molecule has 1 rings (SSSR count). The van der Waals surface area contributed by atoms with Crippen molar-refractivity contribution in [3.8, 4) is 5.75 Å². The summed E-state index contributed by atoms with van der Waals surface area (Å²) in [6.45, 7) is 1.95. The van der Waals surface area contributed by atoms with Gasteiger partial charge in [0.2, 0.25) is 0 Å². The first-order valence-corrected chi connectivity index (χ1v) is 5.66. The van der Waals surface area contributed by atoms with Crippen LogP contribution >= 0.6 is 0 Å². The Hall–Kier alpha value is -2.11. The van der Waals surface area contributed by atoms with E-state index < -0.39 is 12.1 Å². The molecule has 1 heterocycles. The van der Waals surface area contributed by atoms with Gasteiger partial charge in [0.1, 0.15) is 5.75 Å². The van der Waals surface area contributed by atoms with Crippen molar-refractivity contribution in [3.05, 3.63) is 24.5 Å². The van der Waals surface area contributed by atoms with E-state index in [1.165, 1.54) is 6.20 Å². The minimum Gasteiger partial charge on any atom is -0.481 e. The van der Waals surface area contributed by atoms with Crippen LogP contribution in [0.1, 0.15) is 19.8 Å². The van der Waals surface area contributed by atoms with Gasteiger partial charge in [-0.1, -0.05) is 0 Å². The number of carboxylic acids is 1. The standard InChI is InChI=1S/C12H16N2O4/c1-9(18-10-4-2-6-13-8-10)12(17)14-7-3-5-11(15)16/h2,4,6,8-9H,3,5,7H2,1H3,(H,14,17)(H,15,16). The molecule has 0 aliphatic heterocycles. The molecule has 0 saturated carbocycles. The Morgan fingerprint density at radius 3 is 2.94 bits per heavy atom. The van der Waals surface area contributed by atoms with Gasteiger partial charge < -0.3 is 15.2 Å². The van der Waals surface area contributed by atoms with Gasteiger partial charge in [0.05, 0.1) is 6.20 Å². The van der Waals surface area contributed by atoms with E-state index in [1.807, 2.05) is 0 Å². The molecule has 6 nitrogen and oxygen atoms in total. The summed E-state index contributed by atoms with van der Waals surface area (Å²) in [6, 6.07) is 3.42. The fourth-order valence-corrected chi connectivity index (χ4v) is 1.27. The molecule has 0 spiro atoms. The van der Waals surface area contributed by atoms with Crippen LogP contribution in [0.4, 0.5) is 0 Å². The number of hydrogen-bond donors (Lipinski definition) is 2. The smallest absolute Gasteiger partial charge is 0.303 e. The quantitative estimate of drug-likeness (QED) is 0.702. The van der Waals surface area contributed by atoms with E-state index in [1.54, 1.807) is 25.3 Å². The zero-order valence-electron chi connectivity index (χ0n) is 10.1. The zero-order chi connectivity index (χ0) is 13.4. The number of pyridine rings is 1. The Morgan fingerprint density at radius 1 is 1.56 bits per heavy atom. The first kappa shape index (κ1) is 14.0. The van der Waals surface area contributed by atoms with E-state index in [-0.39, 0.29) is 12.3 Å². The van der Waals surface area contributed by atoms with E-state index >= 15 is 0 Å². The average molecular weight is 252 g/mol. The minimum absolute atomic E-state index is 0.0398. The molecule has 0 radical (unpaired) electrons. The Kier molecular flexibility index (Phi) is 5.63. The summed E-state index contributed by atoms with van der Waals surface area (Å²) in [4.78, 5) is 25.7. The molecule has 1 atom stereocenters. The molecule has 0 bridgehead atoms. The summed E-state index contributed by atoms with van der Waals surface area (Å²) in [5.41, 5.74) is 0. The van der Waals surface area contributed by atoms with Crippen molar-refractivity contribution in [1.82, 2.24) is 10.3 Å². The van der Waals surface area contributed by atoms with Crippen molar-refractivity contribution in [3.63, 3.8) is 0 Å². The van der Waals surface area contributed by atoms with Crippen LogP contribution in [-0.4, -0.2) is 34.6 Å². The fraction of sp³-hybridized carbons (Fsp3) is 0.417. The van der Waals surface area contributed by atoms with Crippen LogP contribution in [0.25, 0.3) is 0 Å². The second kappa shape index (κ2) is 7.26. The van der Waals surface area contributed by atoms with Crippen LogP contribution in [0, 0.1) is 0 Å². The van der Waals surface area contributed by atoms with Crippen molar-refractivity contribution in [2.24, 2.45) is 0 Å². The molecule has 6 heteroatoms. The van der Waals surface area contributed by atoms with E-state index in [9.17, 15) is 9.59 Å². The number of carbonyl (C=O) groups is 2. The highest BCUT2D eigenvalue weighted by atomic mass is 16.5. The Labute approximate surface area is 105 Å². The molecule has 18 heavy (non-hydrogen) atoms. The Bertz CT molecular complexity index is 394. The van der Waals surface area contributed by atoms with E-state index in [4.69, 9.17) is 9.84 Å². The Balaban J connectivity index is 2.27. The van der Waals surface area contributed by atoms with Gasteiger partial charge in [0, 0.05) is 19.2 Å². The molecule has 1 amide bonds. The highest BCUT2D eigenvalue weighted by Gasteiger charge is 2.13. The third kappa shape index (κ3) is 5.29. The third-order valence-electron chi connectivity index (χ3n) is 2.18. The number of ether oxygens (including phenoxy) is 1. The monoisotopic (exact) mass is 252 g/mol. The highest BCUT2D eigenvalue weighted by Crippen LogP contribution is 2.08. The molecule has 0 fully saturated rings. The van der Waals surface area contributed by atoms with Gasteiger partial charge in [-0.05, 0) is 25.5 Å². The molecule has 1 aromatic rings. The van der Waals surface area contributed by atoms with E-state index in [0.29, 0.717) is 18.7 Å². The first-order chi connectivity index (χ1) is 8.59. The van der Waals surface area contributed by atoms with E-state index in [0.717, 1.165) is 0 Å². The molecular weight excluding hydrogens is 236 g/mol. The van der Waals surface area contributed by atoms with Gasteiger partial charge in [0.25, 0.3) is 5.91 Å². The number of aliphatic carboxylic acids is 1. The molecule has 1 aromatic heterocycles. The number of nitrogens with zero attached hydrogens (tertiary/aromatic N) is 1. The van der Waals surface area contributed by atoms with E-state index in [2.05, 4.69) is 10.3 Å². The molecule has 0 aliphatic rings. The van der Waals surface area contributed by atoms with Gasteiger partial charge in [0.15, 0.2) is 6.10 Å². The summed E-state index contributed by atoms with van der Waals surface area (Å²) in [5.74, 6) is -0.626. The lowest BCUT2D eigenvalue weighted by Gasteiger charge is -2.14. The zero-order valence-corrected chi connectivity index (χ0v) is 10.1. The number of amides is 1. The molecule has 2 N–H and O–H groups in total. The van der Waals surface area contributed by atoms with Gasteiger partial charge in [-0.2, -0.15) is 0 Å². The summed E-state index contributed by atoms with van der Waals surface area (Å²) < 4.78 is 5.36. The number of aromatic nitrogens is 1. The maximum Gasteiger partial charge on any atom is 0.303 e. The van der Waals surface area contributed by atoms with Crippen molar-refractivity contribution in [1.29, 1.82) is 0 Å². The van der Waals surface area contributed by atoms with Crippen molar-refractivity contribution in [2.45, 2.75) is 25.9 Å². The topological polar surface area (TPSA) is 88.5 Å². The van der Waals surface area contributed by atoms with Gasteiger partial charge >= 0.3 is 5.97 Å². The maximum absolute atomic E-state index is 11.6. The summed E-state index contributed by atoms with van der Waals surface area (Å²) in [5, 5.41) is 11.0. The second-order valence-corrected chi connectivity index (χ2v) is 3.74.